The van der Waals surface area contributed by atoms with Gasteiger partial charge in [-0.05, 0) is 49.1 Å². The maximum Gasteiger partial charge on any atom is 0.194 e. The van der Waals surface area contributed by atoms with E-state index in [4.69, 9.17) is 8.85 Å². The molecule has 32 heavy (non-hydrogen) atoms. The predicted octanol–water partition coefficient (Wildman–Crippen LogP) is 9.04. The molecule has 0 N–H and O–H groups in total. The molecule has 192 valence electrons. The maximum absolute atomic E-state index is 13.0. The number of rotatable bonds is 12. The second-order valence-electron chi connectivity index (χ2n) is 13.6. The zero-order chi connectivity index (χ0) is 25.6. The summed E-state index contributed by atoms with van der Waals surface area (Å²) in [5, 5.41) is 0.686. The zero-order valence-corrected chi connectivity index (χ0v) is 26.8. The van der Waals surface area contributed by atoms with Crippen molar-refractivity contribution in [1.82, 2.24) is 0 Å². The highest BCUT2D eigenvalue weighted by Gasteiger charge is 2.41. The molecule has 0 bridgehead atoms. The van der Waals surface area contributed by atoms with Crippen molar-refractivity contribution in [2.45, 2.75) is 148 Å². The highest BCUT2D eigenvalue weighted by molar-refractivity contribution is 8.14. The molecule has 0 rings (SSSR count). The average Bonchev–Trinajstić information content (AvgIpc) is 2.55. The Kier molecular flexibility index (Phi) is 12.5. The average molecular weight is 505 g/mol. The quantitative estimate of drug-likeness (QED) is 0.196. The first-order chi connectivity index (χ1) is 14.1. The van der Waals surface area contributed by atoms with Crippen LogP contribution < -0.4 is 0 Å². The van der Waals surface area contributed by atoms with E-state index in [2.05, 4.69) is 95.4 Å². The third-order valence-corrected chi connectivity index (χ3v) is 17.5. The van der Waals surface area contributed by atoms with Crippen LogP contribution in [0.3, 0.4) is 0 Å². The second-order valence-corrected chi connectivity index (χ2v) is 24.9. The second kappa shape index (κ2) is 12.4. The van der Waals surface area contributed by atoms with Crippen molar-refractivity contribution in [1.29, 1.82) is 0 Å². The number of hydrogen-bond donors (Lipinski definition) is 0. The lowest BCUT2D eigenvalue weighted by Gasteiger charge is -2.41. The van der Waals surface area contributed by atoms with Gasteiger partial charge < -0.3 is 8.85 Å². The van der Waals surface area contributed by atoms with Crippen molar-refractivity contribution in [3.05, 3.63) is 0 Å². The molecule has 0 aromatic heterocycles. The number of unbranched alkanes of at least 4 members (excludes halogenated alkanes) is 3. The van der Waals surface area contributed by atoms with Crippen molar-refractivity contribution in [2.24, 2.45) is 5.92 Å². The van der Waals surface area contributed by atoms with Gasteiger partial charge in [0.2, 0.25) is 0 Å². The largest absolute Gasteiger partial charge is 0.417 e. The third-order valence-electron chi connectivity index (χ3n) is 7.24. The van der Waals surface area contributed by atoms with Gasteiger partial charge in [-0.1, -0.05) is 100 Å². The molecular formula is C26H56O3SSi2. The molecule has 0 saturated heterocycles. The van der Waals surface area contributed by atoms with Crippen LogP contribution in [-0.4, -0.2) is 39.2 Å². The van der Waals surface area contributed by atoms with Crippen LogP contribution in [-0.2, 0) is 13.6 Å². The lowest BCUT2D eigenvalue weighted by atomic mass is 10.00. The Hall–Kier alpha value is 0.374. The fourth-order valence-corrected chi connectivity index (χ4v) is 6.32. The molecule has 6 heteroatoms. The molecule has 0 fully saturated rings. The Morgan fingerprint density at radius 2 is 1.25 bits per heavy atom. The maximum atomic E-state index is 13.0. The van der Waals surface area contributed by atoms with Gasteiger partial charge in [0.1, 0.15) is 0 Å². The molecule has 0 aromatic rings. The van der Waals surface area contributed by atoms with Crippen molar-refractivity contribution in [2.75, 3.05) is 6.61 Å². The van der Waals surface area contributed by atoms with Crippen LogP contribution in [0.2, 0.25) is 36.3 Å². The van der Waals surface area contributed by atoms with E-state index < -0.39 is 16.6 Å². The molecule has 0 unspecified atom stereocenters. The van der Waals surface area contributed by atoms with Crippen LogP contribution in [0.5, 0.6) is 0 Å². The van der Waals surface area contributed by atoms with Gasteiger partial charge >= 0.3 is 0 Å². The van der Waals surface area contributed by atoms with E-state index in [1.807, 2.05) is 0 Å². The molecule has 0 aliphatic heterocycles. The van der Waals surface area contributed by atoms with E-state index in [0.29, 0.717) is 0 Å². The van der Waals surface area contributed by atoms with Crippen LogP contribution in [0.4, 0.5) is 0 Å². The van der Waals surface area contributed by atoms with E-state index >= 15 is 0 Å². The summed E-state index contributed by atoms with van der Waals surface area (Å²) in [4.78, 5) is 13.0. The number of carbonyl (C=O) groups excluding carboxylic acids is 1. The molecule has 0 saturated carbocycles. The summed E-state index contributed by atoms with van der Waals surface area (Å²) in [7, 11) is -3.57. The Morgan fingerprint density at radius 1 is 0.781 bits per heavy atom. The Labute approximate surface area is 207 Å². The van der Waals surface area contributed by atoms with E-state index in [0.717, 1.165) is 25.9 Å². The van der Waals surface area contributed by atoms with Crippen LogP contribution >= 0.6 is 11.8 Å². The van der Waals surface area contributed by atoms with Gasteiger partial charge in [-0.25, -0.2) is 0 Å². The molecule has 0 aromatic carbocycles. The topological polar surface area (TPSA) is 35.5 Å². The van der Waals surface area contributed by atoms with Gasteiger partial charge in [0.15, 0.2) is 21.8 Å². The third kappa shape index (κ3) is 11.7. The minimum atomic E-state index is -1.93. The van der Waals surface area contributed by atoms with Gasteiger partial charge in [-0.15, -0.1) is 0 Å². The first-order valence-corrected chi connectivity index (χ1v) is 19.3. The molecular weight excluding hydrogens is 449 g/mol. The molecule has 2 atom stereocenters. The van der Waals surface area contributed by atoms with Gasteiger partial charge in [-0.3, -0.25) is 4.79 Å². The molecule has 0 heterocycles. The minimum absolute atomic E-state index is 0.0155. The molecule has 3 nitrogen and oxygen atoms in total. The highest BCUT2D eigenvalue weighted by atomic mass is 32.2. The molecule has 0 amide bonds. The predicted molar refractivity (Wildman–Crippen MR) is 150 cm³/mol. The summed E-state index contributed by atoms with van der Waals surface area (Å²) in [6, 6.07) is 0. The van der Waals surface area contributed by atoms with Crippen molar-refractivity contribution >= 4 is 33.5 Å². The molecule has 0 spiro atoms. The molecule has 0 aliphatic carbocycles. The SMILES string of the molecule is C[C@H](C(=O)SC(C)(C)C)[C@H](CCCCCCO[Si](C)(C)C(C)(C)C)O[Si](C)(C)C(C)(C)C. The fraction of sp³-hybridized carbons (Fsp3) is 0.962. The van der Waals surface area contributed by atoms with Gasteiger partial charge in [-0.2, -0.15) is 0 Å². The van der Waals surface area contributed by atoms with Gasteiger partial charge in [0.25, 0.3) is 0 Å². The van der Waals surface area contributed by atoms with Crippen LogP contribution in [0.25, 0.3) is 0 Å². The van der Waals surface area contributed by atoms with Crippen LogP contribution in [0.15, 0.2) is 0 Å². The van der Waals surface area contributed by atoms with E-state index in [1.54, 1.807) is 0 Å². The van der Waals surface area contributed by atoms with Crippen molar-refractivity contribution < 1.29 is 13.6 Å². The van der Waals surface area contributed by atoms with E-state index in [-0.39, 0.29) is 32.0 Å². The van der Waals surface area contributed by atoms with Crippen molar-refractivity contribution in [3.63, 3.8) is 0 Å². The van der Waals surface area contributed by atoms with E-state index in [9.17, 15) is 4.79 Å². The molecule has 0 radical (unpaired) electrons. The number of thioether (sulfide) groups is 1. The number of hydrogen-bond acceptors (Lipinski definition) is 4. The highest BCUT2D eigenvalue weighted by Crippen LogP contribution is 2.40. The Bertz CT molecular complexity index is 569. The first-order valence-electron chi connectivity index (χ1n) is 12.7. The summed E-state index contributed by atoms with van der Waals surface area (Å²) in [6.45, 7) is 32.2. The normalized spacial score (nSPS) is 16.2. The summed E-state index contributed by atoms with van der Waals surface area (Å²) >= 11 is 1.46. The standard InChI is InChI=1S/C26H56O3SSi2/c1-21(23(27)30-24(2,3)4)22(29-32(13,14)26(8,9)10)19-17-15-16-18-20-28-31(11,12)25(5,6)7/h21-22H,15-20H2,1-14H3/t21-,22-/m0/s1. The monoisotopic (exact) mass is 504 g/mol. The number of carbonyl (C=O) groups is 1. The lowest BCUT2D eigenvalue weighted by Crippen LogP contribution is -2.46. The lowest BCUT2D eigenvalue weighted by molar-refractivity contribution is -0.116. The van der Waals surface area contributed by atoms with Crippen molar-refractivity contribution in [3.8, 4) is 0 Å². The Balaban J connectivity index is 4.84. The van der Waals surface area contributed by atoms with E-state index in [1.165, 1.54) is 24.6 Å². The minimum Gasteiger partial charge on any atom is -0.417 e. The Morgan fingerprint density at radius 3 is 1.69 bits per heavy atom. The summed E-state index contributed by atoms with van der Waals surface area (Å²) in [6.07, 6.45) is 5.56. The zero-order valence-electron chi connectivity index (χ0n) is 24.0. The fourth-order valence-electron chi connectivity index (χ4n) is 2.86. The smallest absolute Gasteiger partial charge is 0.194 e. The van der Waals surface area contributed by atoms with Gasteiger partial charge in [0.05, 0.1) is 12.0 Å². The summed E-state index contributed by atoms with van der Waals surface area (Å²) < 4.78 is 13.1. The van der Waals surface area contributed by atoms with Crippen LogP contribution in [0.1, 0.15) is 101 Å². The van der Waals surface area contributed by atoms with Gasteiger partial charge in [0, 0.05) is 11.4 Å². The van der Waals surface area contributed by atoms with Crippen LogP contribution in [0, 0.1) is 5.92 Å². The summed E-state index contributed by atoms with van der Waals surface area (Å²) in [5.41, 5.74) is 0. The summed E-state index contributed by atoms with van der Waals surface area (Å²) in [5.74, 6) is -0.0738. The molecule has 0 aliphatic rings. The first kappa shape index (κ1) is 32.4.